The maximum Gasteiger partial charge on any atom is 0.127 e. The van der Waals surface area contributed by atoms with Crippen LogP contribution in [0.1, 0.15) is 11.1 Å². The zero-order valence-corrected chi connectivity index (χ0v) is 9.18. The van der Waals surface area contributed by atoms with Gasteiger partial charge in [0, 0.05) is 12.1 Å². The summed E-state index contributed by atoms with van der Waals surface area (Å²) in [6.45, 7) is 2.76. The molecule has 0 atom stereocenters. The van der Waals surface area contributed by atoms with Gasteiger partial charge in [-0.25, -0.2) is 0 Å². The molecule has 1 aromatic carbocycles. The van der Waals surface area contributed by atoms with E-state index in [0.717, 1.165) is 29.2 Å². The van der Waals surface area contributed by atoms with Crippen molar-refractivity contribution in [1.29, 1.82) is 0 Å². The Hall–Kier alpha value is -1.22. The lowest BCUT2D eigenvalue weighted by Gasteiger charge is -2.13. The third kappa shape index (κ3) is 2.17. The van der Waals surface area contributed by atoms with Crippen LogP contribution in [0.25, 0.3) is 0 Å². The second-order valence-corrected chi connectivity index (χ2v) is 3.18. The molecule has 0 aromatic heterocycles. The van der Waals surface area contributed by atoms with Gasteiger partial charge >= 0.3 is 0 Å². The summed E-state index contributed by atoms with van der Waals surface area (Å²) in [5.74, 6) is 1.74. The predicted octanol–water partition coefficient (Wildman–Crippen LogP) is 1.73. The van der Waals surface area contributed by atoms with E-state index in [1.807, 2.05) is 26.1 Å². The summed E-state index contributed by atoms with van der Waals surface area (Å²) in [4.78, 5) is 0. The van der Waals surface area contributed by atoms with Gasteiger partial charge in [0.1, 0.15) is 11.5 Å². The highest BCUT2D eigenvalue weighted by molar-refractivity contribution is 5.47. The van der Waals surface area contributed by atoms with Gasteiger partial charge in [0.25, 0.3) is 0 Å². The molecule has 3 heteroatoms. The lowest BCUT2D eigenvalue weighted by atomic mass is 10.1. The molecule has 0 radical (unpaired) electrons. The van der Waals surface area contributed by atoms with Gasteiger partial charge in [0.05, 0.1) is 14.2 Å². The predicted molar refractivity (Wildman–Crippen MR) is 57.0 cm³/mol. The third-order valence-corrected chi connectivity index (χ3v) is 2.11. The molecule has 0 unspecified atom stereocenters. The Balaban J connectivity index is 3.18. The first-order chi connectivity index (χ1) is 6.72. The molecule has 0 heterocycles. The summed E-state index contributed by atoms with van der Waals surface area (Å²) in [7, 11) is 5.25. The zero-order valence-electron chi connectivity index (χ0n) is 9.18. The molecule has 0 saturated heterocycles. The van der Waals surface area contributed by atoms with Crippen molar-refractivity contribution in [2.45, 2.75) is 13.5 Å². The van der Waals surface area contributed by atoms with E-state index >= 15 is 0 Å². The van der Waals surface area contributed by atoms with E-state index in [0.29, 0.717) is 0 Å². The number of hydrogen-bond acceptors (Lipinski definition) is 3. The van der Waals surface area contributed by atoms with Crippen LogP contribution in [0.3, 0.4) is 0 Å². The number of nitrogens with one attached hydrogen (secondary N) is 1. The molecule has 0 aliphatic heterocycles. The van der Waals surface area contributed by atoms with Crippen molar-refractivity contribution in [2.24, 2.45) is 0 Å². The van der Waals surface area contributed by atoms with Gasteiger partial charge in [-0.2, -0.15) is 0 Å². The first-order valence-electron chi connectivity index (χ1n) is 4.59. The number of ether oxygens (including phenoxy) is 2. The van der Waals surface area contributed by atoms with Crippen molar-refractivity contribution >= 4 is 0 Å². The lowest BCUT2D eigenvalue weighted by Crippen LogP contribution is -2.08. The molecule has 0 aliphatic carbocycles. The maximum atomic E-state index is 5.30. The third-order valence-electron chi connectivity index (χ3n) is 2.11. The van der Waals surface area contributed by atoms with E-state index < -0.39 is 0 Å². The minimum atomic E-state index is 0.743. The van der Waals surface area contributed by atoms with Crippen molar-refractivity contribution in [3.05, 3.63) is 23.3 Å². The molecule has 0 aliphatic rings. The minimum absolute atomic E-state index is 0.743. The van der Waals surface area contributed by atoms with E-state index in [9.17, 15) is 0 Å². The molecule has 0 fully saturated rings. The van der Waals surface area contributed by atoms with E-state index in [2.05, 4.69) is 5.32 Å². The fourth-order valence-corrected chi connectivity index (χ4v) is 1.47. The second-order valence-electron chi connectivity index (χ2n) is 3.18. The summed E-state index contributed by atoms with van der Waals surface area (Å²) in [5.41, 5.74) is 2.20. The largest absolute Gasteiger partial charge is 0.496 e. The van der Waals surface area contributed by atoms with Gasteiger partial charge < -0.3 is 14.8 Å². The lowest BCUT2D eigenvalue weighted by molar-refractivity contribution is 0.383. The highest BCUT2D eigenvalue weighted by Crippen LogP contribution is 2.29. The Morgan fingerprint density at radius 3 is 2.00 bits per heavy atom. The molecular weight excluding hydrogens is 178 g/mol. The number of benzene rings is 1. The number of hydrogen-bond donors (Lipinski definition) is 1. The van der Waals surface area contributed by atoms with Crippen molar-refractivity contribution in [1.82, 2.24) is 5.32 Å². The summed E-state index contributed by atoms with van der Waals surface area (Å²) in [5, 5.41) is 3.09. The molecule has 14 heavy (non-hydrogen) atoms. The van der Waals surface area contributed by atoms with Gasteiger partial charge in [-0.05, 0) is 31.7 Å². The highest BCUT2D eigenvalue weighted by atomic mass is 16.5. The van der Waals surface area contributed by atoms with Gasteiger partial charge in [-0.1, -0.05) is 0 Å². The van der Waals surface area contributed by atoms with Crippen LogP contribution < -0.4 is 14.8 Å². The van der Waals surface area contributed by atoms with Crippen LogP contribution in [0.15, 0.2) is 12.1 Å². The molecule has 0 spiro atoms. The highest BCUT2D eigenvalue weighted by Gasteiger charge is 2.09. The summed E-state index contributed by atoms with van der Waals surface area (Å²) in [6.07, 6.45) is 0. The molecule has 78 valence electrons. The monoisotopic (exact) mass is 195 g/mol. The van der Waals surface area contributed by atoms with E-state index in [1.165, 1.54) is 0 Å². The Kier molecular flexibility index (Phi) is 3.77. The fourth-order valence-electron chi connectivity index (χ4n) is 1.47. The van der Waals surface area contributed by atoms with Gasteiger partial charge in [-0.3, -0.25) is 0 Å². The molecule has 3 nitrogen and oxygen atoms in total. The molecule has 0 bridgehead atoms. The number of rotatable bonds is 4. The molecule has 1 N–H and O–H groups in total. The summed E-state index contributed by atoms with van der Waals surface area (Å²) >= 11 is 0. The van der Waals surface area contributed by atoms with Crippen LogP contribution in [0.5, 0.6) is 11.5 Å². The topological polar surface area (TPSA) is 30.5 Å². The molecular formula is C11H17NO2. The van der Waals surface area contributed by atoms with Crippen LogP contribution in [0.4, 0.5) is 0 Å². The number of aryl methyl sites for hydroxylation is 1. The Morgan fingerprint density at radius 1 is 1.14 bits per heavy atom. The Bertz CT molecular complexity index is 285. The van der Waals surface area contributed by atoms with E-state index in [-0.39, 0.29) is 0 Å². The van der Waals surface area contributed by atoms with Crippen LogP contribution >= 0.6 is 0 Å². The minimum Gasteiger partial charge on any atom is -0.496 e. The first kappa shape index (κ1) is 10.9. The summed E-state index contributed by atoms with van der Waals surface area (Å²) in [6, 6.07) is 4.02. The van der Waals surface area contributed by atoms with Crippen molar-refractivity contribution in [3.8, 4) is 11.5 Å². The van der Waals surface area contributed by atoms with E-state index in [4.69, 9.17) is 9.47 Å². The van der Waals surface area contributed by atoms with Crippen LogP contribution in [-0.2, 0) is 6.54 Å². The Morgan fingerprint density at radius 2 is 1.64 bits per heavy atom. The van der Waals surface area contributed by atoms with Gasteiger partial charge in [0.15, 0.2) is 0 Å². The second kappa shape index (κ2) is 4.86. The van der Waals surface area contributed by atoms with Crippen LogP contribution in [-0.4, -0.2) is 21.3 Å². The van der Waals surface area contributed by atoms with Gasteiger partial charge in [-0.15, -0.1) is 0 Å². The molecule has 1 aromatic rings. The van der Waals surface area contributed by atoms with Crippen LogP contribution in [0.2, 0.25) is 0 Å². The quantitative estimate of drug-likeness (QED) is 0.793. The first-order valence-corrected chi connectivity index (χ1v) is 4.59. The van der Waals surface area contributed by atoms with Crippen LogP contribution in [0, 0.1) is 6.92 Å². The molecule has 0 amide bonds. The summed E-state index contributed by atoms with van der Waals surface area (Å²) < 4.78 is 10.6. The SMILES string of the molecule is CNCc1c(OC)cc(C)cc1OC. The Labute approximate surface area is 85.0 Å². The van der Waals surface area contributed by atoms with Crippen molar-refractivity contribution < 1.29 is 9.47 Å². The average Bonchev–Trinajstić information content (AvgIpc) is 2.20. The van der Waals surface area contributed by atoms with Crippen molar-refractivity contribution in [3.63, 3.8) is 0 Å². The smallest absolute Gasteiger partial charge is 0.127 e. The normalized spacial score (nSPS) is 10.0. The number of methoxy groups -OCH3 is 2. The van der Waals surface area contributed by atoms with Gasteiger partial charge in [0.2, 0.25) is 0 Å². The molecule has 0 saturated carbocycles. The van der Waals surface area contributed by atoms with E-state index in [1.54, 1.807) is 14.2 Å². The standard InChI is InChI=1S/C11H17NO2/c1-8-5-10(13-3)9(7-12-2)11(6-8)14-4/h5-6,12H,7H2,1-4H3. The average molecular weight is 195 g/mol. The molecule has 1 rings (SSSR count). The fraction of sp³-hybridized carbons (Fsp3) is 0.455. The maximum absolute atomic E-state index is 5.30. The zero-order chi connectivity index (χ0) is 10.6. The van der Waals surface area contributed by atoms with Crippen molar-refractivity contribution in [2.75, 3.05) is 21.3 Å².